The smallest absolute Gasteiger partial charge is 0.308 e. The Balaban J connectivity index is 5.03. The Morgan fingerprint density at radius 2 is 0.723 bits per heavy atom. The van der Waals surface area contributed by atoms with Crippen LogP contribution in [0.5, 0.6) is 0 Å². The maximum atomic E-state index is 13.9. The number of ether oxygens (including phenoxy) is 1. The molecule has 0 N–H and O–H groups in total. The Morgan fingerprint density at radius 3 is 1.17 bits per heavy atom. The molecular weight excluding hydrogens is 801 g/mol. The lowest BCUT2D eigenvalue weighted by Crippen LogP contribution is -2.41. The molecule has 1 atom stereocenters. The number of nitrogens with zero attached hydrogens (tertiary/aromatic N) is 2. The minimum atomic E-state index is 0.0582. The number of rotatable bonds is 52. The van der Waals surface area contributed by atoms with Gasteiger partial charge in [0.2, 0.25) is 5.91 Å². The predicted octanol–water partition coefficient (Wildman–Crippen LogP) is 18.0. The van der Waals surface area contributed by atoms with Gasteiger partial charge >= 0.3 is 5.97 Å². The van der Waals surface area contributed by atoms with E-state index in [0.29, 0.717) is 36.7 Å². The second-order valence-corrected chi connectivity index (χ2v) is 20.9. The minimum absolute atomic E-state index is 0.0582. The molecule has 0 spiro atoms. The van der Waals surface area contributed by atoms with Crippen molar-refractivity contribution < 1.29 is 19.1 Å². The van der Waals surface area contributed by atoms with E-state index >= 15 is 0 Å². The van der Waals surface area contributed by atoms with Crippen molar-refractivity contribution in [2.24, 2.45) is 11.8 Å². The largest absolute Gasteiger partial charge is 0.465 e. The summed E-state index contributed by atoms with van der Waals surface area (Å²) in [5.41, 5.74) is 0. The summed E-state index contributed by atoms with van der Waals surface area (Å²) in [5, 5.41) is 0. The molecule has 0 aliphatic carbocycles. The summed E-state index contributed by atoms with van der Waals surface area (Å²) in [5.74, 6) is 1.40. The van der Waals surface area contributed by atoms with Crippen molar-refractivity contribution in [2.75, 3.05) is 33.8 Å². The third-order valence-corrected chi connectivity index (χ3v) is 14.3. The maximum Gasteiger partial charge on any atom is 0.308 e. The molecule has 0 saturated carbocycles. The van der Waals surface area contributed by atoms with Gasteiger partial charge in [0.1, 0.15) is 5.78 Å². The second kappa shape index (κ2) is 49.0. The molecule has 65 heavy (non-hydrogen) atoms. The van der Waals surface area contributed by atoms with Crippen molar-refractivity contribution in [1.82, 2.24) is 9.80 Å². The monoisotopic (exact) mass is 917 g/mol. The van der Waals surface area contributed by atoms with Gasteiger partial charge in [0, 0.05) is 31.3 Å². The summed E-state index contributed by atoms with van der Waals surface area (Å²) in [6.07, 6.45) is 50.1. The summed E-state index contributed by atoms with van der Waals surface area (Å²) in [6, 6.07) is 0.347. The molecular formula is C59H116N2O4. The van der Waals surface area contributed by atoms with Crippen LogP contribution < -0.4 is 0 Å². The van der Waals surface area contributed by atoms with Gasteiger partial charge in [-0.3, -0.25) is 14.4 Å². The van der Waals surface area contributed by atoms with E-state index in [1.165, 1.54) is 180 Å². The van der Waals surface area contributed by atoms with Crippen molar-refractivity contribution in [2.45, 2.75) is 317 Å². The number of amides is 1. The first-order chi connectivity index (χ1) is 31.7. The van der Waals surface area contributed by atoms with Crippen molar-refractivity contribution in [3.05, 3.63) is 0 Å². The molecule has 0 saturated heterocycles. The molecule has 0 fully saturated rings. The van der Waals surface area contributed by atoms with Crippen LogP contribution in [0.25, 0.3) is 0 Å². The van der Waals surface area contributed by atoms with E-state index in [0.717, 1.165) is 103 Å². The van der Waals surface area contributed by atoms with E-state index in [1.807, 2.05) is 0 Å². The fraction of sp³-hybridized carbons (Fsp3) is 0.949. The van der Waals surface area contributed by atoms with Crippen LogP contribution in [-0.4, -0.2) is 67.3 Å². The standard InChI is InChI=1S/C59H116N2O4/c1-8-13-18-28-40-50-58(63)61(52-42-51-60(6)7)56(47-37-29-24-23-25-31-39-49-57(62)54(43-33-19-14-9-2)44-34-20-15-10-3)48-38-30-26-27-32-41-53-65-59(64)55(45-35-21-16-11-4)46-36-22-17-12-5/h54-56H,8-53H2,1-7H3. The average Bonchev–Trinajstić information content (AvgIpc) is 3.29. The first-order valence-electron chi connectivity index (χ1n) is 29.4. The Morgan fingerprint density at radius 1 is 0.369 bits per heavy atom. The summed E-state index contributed by atoms with van der Waals surface area (Å²) in [4.78, 5) is 44.8. The molecule has 1 amide bonds. The summed E-state index contributed by atoms with van der Waals surface area (Å²) >= 11 is 0. The Hall–Kier alpha value is -1.43. The highest BCUT2D eigenvalue weighted by Gasteiger charge is 2.23. The summed E-state index contributed by atoms with van der Waals surface area (Å²) < 4.78 is 5.86. The number of hydrogen-bond donors (Lipinski definition) is 0. The number of carbonyl (C=O) groups is 3. The molecule has 0 aromatic rings. The van der Waals surface area contributed by atoms with Crippen LogP contribution in [0.3, 0.4) is 0 Å². The molecule has 1 unspecified atom stereocenters. The Kier molecular flexibility index (Phi) is 47.9. The van der Waals surface area contributed by atoms with E-state index < -0.39 is 0 Å². The van der Waals surface area contributed by atoms with Gasteiger partial charge in [0.25, 0.3) is 0 Å². The van der Waals surface area contributed by atoms with Gasteiger partial charge in [0.05, 0.1) is 12.5 Å². The predicted molar refractivity (Wildman–Crippen MR) is 284 cm³/mol. The van der Waals surface area contributed by atoms with Crippen molar-refractivity contribution >= 4 is 17.7 Å². The SMILES string of the molecule is CCCCCCCC(=O)N(CCCN(C)C)C(CCCCCCCCCC(=O)C(CCCCCC)CCCCCC)CCCCCCCCOC(=O)C(CCCCCC)CCCCCC. The Bertz CT molecular complexity index is 950. The normalized spacial score (nSPS) is 12.2. The highest BCUT2D eigenvalue weighted by atomic mass is 16.5. The van der Waals surface area contributed by atoms with Gasteiger partial charge in [-0.05, 0) is 84.8 Å². The molecule has 386 valence electrons. The van der Waals surface area contributed by atoms with Crippen LogP contribution in [0.4, 0.5) is 0 Å². The van der Waals surface area contributed by atoms with Gasteiger partial charge < -0.3 is 14.5 Å². The second-order valence-electron chi connectivity index (χ2n) is 20.9. The summed E-state index contributed by atoms with van der Waals surface area (Å²) in [6.45, 7) is 13.7. The van der Waals surface area contributed by atoms with Gasteiger partial charge in [-0.25, -0.2) is 0 Å². The summed E-state index contributed by atoms with van der Waals surface area (Å²) in [7, 11) is 4.28. The zero-order valence-electron chi connectivity index (χ0n) is 45.3. The molecule has 0 rings (SSSR count). The van der Waals surface area contributed by atoms with Crippen LogP contribution in [0, 0.1) is 11.8 Å². The van der Waals surface area contributed by atoms with Crippen LogP contribution in [0.15, 0.2) is 0 Å². The fourth-order valence-electron chi connectivity index (χ4n) is 9.91. The lowest BCUT2D eigenvalue weighted by molar-refractivity contribution is -0.149. The average molecular weight is 918 g/mol. The van der Waals surface area contributed by atoms with Crippen LogP contribution >= 0.6 is 0 Å². The van der Waals surface area contributed by atoms with Gasteiger partial charge in [-0.1, -0.05) is 234 Å². The molecule has 0 aromatic heterocycles. The zero-order valence-corrected chi connectivity index (χ0v) is 45.3. The number of unbranched alkanes of at least 4 members (excludes halogenated alkanes) is 27. The highest BCUT2D eigenvalue weighted by molar-refractivity contribution is 5.80. The molecule has 0 radical (unpaired) electrons. The topological polar surface area (TPSA) is 66.9 Å². The Labute approximate surface area is 407 Å². The van der Waals surface area contributed by atoms with Gasteiger partial charge in [-0.15, -0.1) is 0 Å². The van der Waals surface area contributed by atoms with E-state index in [-0.39, 0.29) is 11.9 Å². The number of carbonyl (C=O) groups excluding carboxylic acids is 3. The third-order valence-electron chi connectivity index (χ3n) is 14.3. The van der Waals surface area contributed by atoms with Crippen molar-refractivity contribution in [3.8, 4) is 0 Å². The molecule has 6 heteroatoms. The van der Waals surface area contributed by atoms with Crippen molar-refractivity contribution in [3.63, 3.8) is 0 Å². The van der Waals surface area contributed by atoms with Crippen LogP contribution in [0.2, 0.25) is 0 Å². The number of esters is 1. The number of ketones is 1. The zero-order chi connectivity index (χ0) is 47.9. The molecule has 0 bridgehead atoms. The molecule has 6 nitrogen and oxygen atoms in total. The molecule has 0 aromatic carbocycles. The van der Waals surface area contributed by atoms with Gasteiger partial charge in [0.15, 0.2) is 0 Å². The van der Waals surface area contributed by atoms with Crippen molar-refractivity contribution in [1.29, 1.82) is 0 Å². The van der Waals surface area contributed by atoms with Crippen LogP contribution in [-0.2, 0) is 19.1 Å². The van der Waals surface area contributed by atoms with E-state index in [4.69, 9.17) is 4.74 Å². The van der Waals surface area contributed by atoms with E-state index in [1.54, 1.807) is 0 Å². The van der Waals surface area contributed by atoms with Gasteiger partial charge in [-0.2, -0.15) is 0 Å². The number of Topliss-reactive ketones (excluding diaryl/α,β-unsaturated/α-hetero) is 1. The van der Waals surface area contributed by atoms with E-state index in [9.17, 15) is 14.4 Å². The lowest BCUT2D eigenvalue weighted by atomic mass is 9.88. The molecule has 0 aliphatic rings. The van der Waals surface area contributed by atoms with E-state index in [2.05, 4.69) is 58.5 Å². The third kappa shape index (κ3) is 40.2. The van der Waals surface area contributed by atoms with Crippen LogP contribution in [0.1, 0.15) is 311 Å². The fourth-order valence-corrected chi connectivity index (χ4v) is 9.91. The number of hydrogen-bond acceptors (Lipinski definition) is 5. The quantitative estimate of drug-likeness (QED) is 0.0449. The maximum absolute atomic E-state index is 13.9. The first kappa shape index (κ1) is 63.6. The molecule has 0 heterocycles. The first-order valence-corrected chi connectivity index (χ1v) is 29.4. The lowest BCUT2D eigenvalue weighted by Gasteiger charge is -2.33. The molecule has 0 aliphatic heterocycles. The highest BCUT2D eigenvalue weighted by Crippen LogP contribution is 2.25. The minimum Gasteiger partial charge on any atom is -0.465 e.